The van der Waals surface area contributed by atoms with E-state index in [1.807, 2.05) is 0 Å². The smallest absolute Gasteiger partial charge is 0.166 e. The number of aromatic amines is 1. The van der Waals surface area contributed by atoms with Crippen LogP contribution in [0.2, 0.25) is 5.02 Å². The first-order chi connectivity index (χ1) is 7.20. The van der Waals surface area contributed by atoms with Crippen molar-refractivity contribution in [1.29, 1.82) is 0 Å². The number of halogens is 2. The van der Waals surface area contributed by atoms with Gasteiger partial charge in [0.05, 0.1) is 16.1 Å². The van der Waals surface area contributed by atoms with Crippen LogP contribution in [0.5, 0.6) is 0 Å². The predicted octanol–water partition coefficient (Wildman–Crippen LogP) is 3.86. The summed E-state index contributed by atoms with van der Waals surface area (Å²) in [5, 5.41) is 0.926. The average molecular weight is 245 g/mol. The molecule has 0 fully saturated rings. The number of rotatable bonds is 3. The Balaban J connectivity index is 2.38. The molecule has 15 heavy (non-hydrogen) atoms. The summed E-state index contributed by atoms with van der Waals surface area (Å²) in [7, 11) is 0. The minimum Gasteiger partial charge on any atom is -0.333 e. The fourth-order valence-corrected chi connectivity index (χ4v) is 2.15. The molecular formula is C10H10ClFN2S. The average Bonchev–Trinajstić information content (AvgIpc) is 2.58. The lowest BCUT2D eigenvalue weighted by molar-refractivity contribution is 0.630. The van der Waals surface area contributed by atoms with Crippen molar-refractivity contribution in [3.63, 3.8) is 0 Å². The Kier molecular flexibility index (Phi) is 3.17. The first-order valence-corrected chi connectivity index (χ1v) is 6.04. The van der Waals surface area contributed by atoms with Gasteiger partial charge in [-0.15, -0.1) is 0 Å². The number of fused-ring (bicyclic) bond motifs is 1. The molecule has 5 heteroatoms. The lowest BCUT2D eigenvalue weighted by Gasteiger charge is -1.91. The molecule has 1 heterocycles. The van der Waals surface area contributed by atoms with Crippen molar-refractivity contribution >= 4 is 34.4 Å². The highest BCUT2D eigenvalue weighted by Crippen LogP contribution is 2.24. The zero-order chi connectivity index (χ0) is 10.8. The zero-order valence-corrected chi connectivity index (χ0v) is 9.75. The zero-order valence-electron chi connectivity index (χ0n) is 8.18. The van der Waals surface area contributed by atoms with Crippen molar-refractivity contribution in [3.8, 4) is 0 Å². The van der Waals surface area contributed by atoms with Crippen LogP contribution in [-0.4, -0.2) is 15.7 Å². The van der Waals surface area contributed by atoms with Crippen molar-refractivity contribution in [3.05, 3.63) is 23.0 Å². The van der Waals surface area contributed by atoms with E-state index in [0.29, 0.717) is 11.0 Å². The molecule has 0 spiro atoms. The Morgan fingerprint density at radius 2 is 2.33 bits per heavy atom. The molecule has 2 nitrogen and oxygen atoms in total. The minimum absolute atomic E-state index is 0.112. The first kappa shape index (κ1) is 10.8. The standard InChI is InChI=1S/C10H10ClFN2S/c1-2-3-15-10-13-8-4-6(11)7(12)5-9(8)14-10/h4-5H,2-3H2,1H3,(H,13,14). The largest absolute Gasteiger partial charge is 0.333 e. The fraction of sp³-hybridized carbons (Fsp3) is 0.300. The summed E-state index contributed by atoms with van der Waals surface area (Å²) in [5.41, 5.74) is 1.40. The van der Waals surface area contributed by atoms with Crippen molar-refractivity contribution in [2.75, 3.05) is 5.75 Å². The van der Waals surface area contributed by atoms with E-state index >= 15 is 0 Å². The highest BCUT2D eigenvalue weighted by Gasteiger charge is 2.07. The number of hydrogen-bond donors (Lipinski definition) is 1. The molecule has 0 radical (unpaired) electrons. The molecule has 0 aliphatic heterocycles. The predicted molar refractivity (Wildman–Crippen MR) is 62.1 cm³/mol. The van der Waals surface area contributed by atoms with Gasteiger partial charge in [-0.25, -0.2) is 9.37 Å². The Morgan fingerprint density at radius 3 is 3.07 bits per heavy atom. The Hall–Kier alpha value is -0.740. The summed E-state index contributed by atoms with van der Waals surface area (Å²) < 4.78 is 13.1. The first-order valence-electron chi connectivity index (χ1n) is 4.68. The topological polar surface area (TPSA) is 28.7 Å². The van der Waals surface area contributed by atoms with Crippen molar-refractivity contribution in [2.45, 2.75) is 18.5 Å². The SMILES string of the molecule is CCCSc1nc2cc(Cl)c(F)cc2[nH]1. The van der Waals surface area contributed by atoms with E-state index in [1.54, 1.807) is 17.8 Å². The number of nitrogens with one attached hydrogen (secondary N) is 1. The highest BCUT2D eigenvalue weighted by molar-refractivity contribution is 7.99. The second-order valence-corrected chi connectivity index (χ2v) is 4.66. The van der Waals surface area contributed by atoms with Crippen LogP contribution in [0, 0.1) is 5.82 Å². The number of H-pyrrole nitrogens is 1. The highest BCUT2D eigenvalue weighted by atomic mass is 35.5. The minimum atomic E-state index is -0.417. The molecule has 1 aromatic carbocycles. The number of aromatic nitrogens is 2. The summed E-state index contributed by atoms with van der Waals surface area (Å²) in [5.74, 6) is 0.579. The fourth-order valence-electron chi connectivity index (χ4n) is 1.25. The van der Waals surface area contributed by atoms with Gasteiger partial charge in [-0.3, -0.25) is 0 Å². The second-order valence-electron chi connectivity index (χ2n) is 3.17. The molecular weight excluding hydrogens is 235 g/mol. The lowest BCUT2D eigenvalue weighted by atomic mass is 10.3. The number of hydrogen-bond acceptors (Lipinski definition) is 2. The van der Waals surface area contributed by atoms with E-state index in [1.165, 1.54) is 6.07 Å². The van der Waals surface area contributed by atoms with Gasteiger partial charge in [0.2, 0.25) is 0 Å². The third kappa shape index (κ3) is 2.26. The molecule has 0 saturated carbocycles. The second kappa shape index (κ2) is 4.41. The molecule has 0 saturated heterocycles. The van der Waals surface area contributed by atoms with Gasteiger partial charge in [0.25, 0.3) is 0 Å². The van der Waals surface area contributed by atoms with Crippen LogP contribution in [0.25, 0.3) is 11.0 Å². The summed E-state index contributed by atoms with van der Waals surface area (Å²) in [6.45, 7) is 2.10. The molecule has 2 rings (SSSR count). The van der Waals surface area contributed by atoms with Crippen LogP contribution >= 0.6 is 23.4 Å². The summed E-state index contributed by atoms with van der Waals surface area (Å²) in [6, 6.07) is 2.92. The Morgan fingerprint density at radius 1 is 1.53 bits per heavy atom. The van der Waals surface area contributed by atoms with Gasteiger partial charge in [0.15, 0.2) is 5.16 Å². The molecule has 0 aliphatic rings. The molecule has 1 N–H and O–H groups in total. The van der Waals surface area contributed by atoms with Crippen LogP contribution in [0.4, 0.5) is 4.39 Å². The molecule has 0 aliphatic carbocycles. The summed E-state index contributed by atoms with van der Waals surface area (Å²) >= 11 is 7.29. The molecule has 0 amide bonds. The Labute approximate surface area is 96.2 Å². The molecule has 0 bridgehead atoms. The van der Waals surface area contributed by atoms with E-state index in [0.717, 1.165) is 17.3 Å². The monoisotopic (exact) mass is 244 g/mol. The molecule has 0 unspecified atom stereocenters. The maximum absolute atomic E-state index is 13.1. The number of nitrogens with zero attached hydrogens (tertiary/aromatic N) is 1. The van der Waals surface area contributed by atoms with Gasteiger partial charge in [-0.05, 0) is 12.5 Å². The van der Waals surface area contributed by atoms with E-state index in [4.69, 9.17) is 11.6 Å². The van der Waals surface area contributed by atoms with Crippen LogP contribution in [0.15, 0.2) is 17.3 Å². The van der Waals surface area contributed by atoms with E-state index < -0.39 is 5.82 Å². The van der Waals surface area contributed by atoms with Crippen LogP contribution in [0.1, 0.15) is 13.3 Å². The van der Waals surface area contributed by atoms with Gasteiger partial charge in [-0.2, -0.15) is 0 Å². The van der Waals surface area contributed by atoms with Crippen molar-refractivity contribution in [1.82, 2.24) is 9.97 Å². The van der Waals surface area contributed by atoms with Crippen molar-refractivity contribution in [2.24, 2.45) is 0 Å². The van der Waals surface area contributed by atoms with Crippen LogP contribution in [0.3, 0.4) is 0 Å². The van der Waals surface area contributed by atoms with E-state index in [9.17, 15) is 4.39 Å². The summed E-state index contributed by atoms with van der Waals surface area (Å²) in [6.07, 6.45) is 1.08. The van der Waals surface area contributed by atoms with Gasteiger partial charge < -0.3 is 4.98 Å². The van der Waals surface area contributed by atoms with E-state index in [-0.39, 0.29) is 5.02 Å². The van der Waals surface area contributed by atoms with Gasteiger partial charge in [0.1, 0.15) is 5.82 Å². The molecule has 80 valence electrons. The quantitative estimate of drug-likeness (QED) is 0.831. The van der Waals surface area contributed by atoms with Crippen LogP contribution in [-0.2, 0) is 0 Å². The van der Waals surface area contributed by atoms with Gasteiger partial charge in [0, 0.05) is 11.8 Å². The molecule has 1 aromatic heterocycles. The van der Waals surface area contributed by atoms with Crippen molar-refractivity contribution < 1.29 is 4.39 Å². The third-order valence-electron chi connectivity index (χ3n) is 1.95. The normalized spacial score (nSPS) is 11.1. The third-order valence-corrected chi connectivity index (χ3v) is 3.31. The number of thioether (sulfide) groups is 1. The maximum atomic E-state index is 13.1. The summed E-state index contributed by atoms with van der Waals surface area (Å²) in [4.78, 5) is 7.36. The number of benzene rings is 1. The number of imidazole rings is 1. The lowest BCUT2D eigenvalue weighted by Crippen LogP contribution is -1.77. The maximum Gasteiger partial charge on any atom is 0.166 e. The molecule has 0 atom stereocenters. The van der Waals surface area contributed by atoms with Gasteiger partial charge in [-0.1, -0.05) is 30.3 Å². The molecule has 2 aromatic rings. The van der Waals surface area contributed by atoms with E-state index in [2.05, 4.69) is 16.9 Å². The van der Waals surface area contributed by atoms with Crippen LogP contribution < -0.4 is 0 Å². The Bertz CT molecular complexity index is 444. The van der Waals surface area contributed by atoms with Gasteiger partial charge >= 0.3 is 0 Å².